The summed E-state index contributed by atoms with van der Waals surface area (Å²) < 4.78 is 1.77. The van der Waals surface area contributed by atoms with Crippen LogP contribution in [0, 0.1) is 0 Å². The van der Waals surface area contributed by atoms with E-state index >= 15 is 0 Å². The Hall–Kier alpha value is -2.99. The highest BCUT2D eigenvalue weighted by Crippen LogP contribution is 2.13. The fourth-order valence-electron chi connectivity index (χ4n) is 2.69. The summed E-state index contributed by atoms with van der Waals surface area (Å²) in [7, 11) is 2.10. The minimum atomic E-state index is -0.191. The van der Waals surface area contributed by atoms with E-state index in [-0.39, 0.29) is 5.91 Å². The lowest BCUT2D eigenvalue weighted by Gasteiger charge is -2.22. The number of carbonyl (C=O) groups excluding carboxylic acids is 1. The largest absolute Gasteiger partial charge is 0.347 e. The molecule has 27 heavy (non-hydrogen) atoms. The first kappa shape index (κ1) is 18.8. The van der Waals surface area contributed by atoms with Gasteiger partial charge >= 0.3 is 0 Å². The Bertz CT molecular complexity index is 889. The topological polar surface area (TPSA) is 63.1 Å². The van der Waals surface area contributed by atoms with Crippen molar-refractivity contribution >= 4 is 5.91 Å². The molecule has 0 atom stereocenters. The maximum Gasteiger partial charge on any atom is 0.270 e. The highest BCUT2D eigenvalue weighted by Gasteiger charge is 2.11. The van der Waals surface area contributed by atoms with Crippen molar-refractivity contribution in [2.45, 2.75) is 33.0 Å². The molecule has 0 unspecified atom stereocenters. The van der Waals surface area contributed by atoms with Crippen molar-refractivity contribution in [3.05, 3.63) is 78.0 Å². The van der Waals surface area contributed by atoms with Crippen molar-refractivity contribution in [1.29, 1.82) is 0 Å². The van der Waals surface area contributed by atoms with E-state index in [2.05, 4.69) is 53.2 Å². The Balaban J connectivity index is 1.69. The molecule has 6 heteroatoms. The smallest absolute Gasteiger partial charge is 0.270 e. The molecular formula is C21H25N5O. The maximum atomic E-state index is 12.6. The van der Waals surface area contributed by atoms with Gasteiger partial charge in [0.05, 0.1) is 0 Å². The molecule has 1 amide bonds. The molecule has 6 nitrogen and oxygen atoms in total. The van der Waals surface area contributed by atoms with Crippen molar-refractivity contribution in [1.82, 2.24) is 24.8 Å². The summed E-state index contributed by atoms with van der Waals surface area (Å²) >= 11 is 0. The number of rotatable bonds is 7. The molecule has 0 saturated heterocycles. The van der Waals surface area contributed by atoms with Gasteiger partial charge in [0.15, 0.2) is 0 Å². The number of nitrogens with zero attached hydrogens (tertiary/aromatic N) is 4. The number of amides is 1. The molecule has 1 aromatic carbocycles. The third-order valence-corrected chi connectivity index (χ3v) is 4.60. The van der Waals surface area contributed by atoms with Crippen LogP contribution in [0.4, 0.5) is 0 Å². The van der Waals surface area contributed by atoms with E-state index in [1.54, 1.807) is 29.4 Å². The van der Waals surface area contributed by atoms with Gasteiger partial charge in [0.1, 0.15) is 17.8 Å². The molecule has 0 saturated carbocycles. The summed E-state index contributed by atoms with van der Waals surface area (Å²) in [5.74, 6) is 0.475. The van der Waals surface area contributed by atoms with E-state index in [9.17, 15) is 4.79 Å². The zero-order chi connectivity index (χ0) is 19.2. The number of hydrogen-bond donors (Lipinski definition) is 1. The minimum Gasteiger partial charge on any atom is -0.347 e. The van der Waals surface area contributed by atoms with Gasteiger partial charge < -0.3 is 5.32 Å². The third kappa shape index (κ3) is 4.80. The number of benzene rings is 1. The summed E-state index contributed by atoms with van der Waals surface area (Å²) in [5.41, 5.74) is 2.72. The summed E-state index contributed by atoms with van der Waals surface area (Å²) in [6.07, 6.45) is 5.14. The van der Waals surface area contributed by atoms with E-state index in [1.807, 2.05) is 24.3 Å². The molecule has 3 aromatic rings. The number of aromatic nitrogens is 3. The average Bonchev–Trinajstić information content (AvgIpc) is 3.22. The van der Waals surface area contributed by atoms with Gasteiger partial charge in [-0.25, -0.2) is 9.97 Å². The minimum absolute atomic E-state index is 0.191. The SMILES string of the molecule is CC(C)N(C)Cc1ccccc1CNC(=O)c1cccc(-n2ccnc2)n1. The van der Waals surface area contributed by atoms with Crippen molar-refractivity contribution in [2.75, 3.05) is 7.05 Å². The predicted molar refractivity (Wildman–Crippen MR) is 106 cm³/mol. The Morgan fingerprint density at radius 3 is 2.63 bits per heavy atom. The van der Waals surface area contributed by atoms with E-state index in [0.29, 0.717) is 24.1 Å². The van der Waals surface area contributed by atoms with Crippen LogP contribution in [-0.2, 0) is 13.1 Å². The summed E-state index contributed by atoms with van der Waals surface area (Å²) in [6.45, 7) is 5.66. The zero-order valence-electron chi connectivity index (χ0n) is 16.0. The van der Waals surface area contributed by atoms with Crippen LogP contribution in [0.5, 0.6) is 0 Å². The molecule has 2 heterocycles. The number of pyridine rings is 1. The molecular weight excluding hydrogens is 338 g/mol. The summed E-state index contributed by atoms with van der Waals surface area (Å²) in [4.78, 5) is 23.3. The lowest BCUT2D eigenvalue weighted by atomic mass is 10.1. The van der Waals surface area contributed by atoms with Gasteiger partial charge in [-0.3, -0.25) is 14.3 Å². The molecule has 0 fully saturated rings. The van der Waals surface area contributed by atoms with E-state index in [1.165, 1.54) is 5.56 Å². The molecule has 0 aliphatic heterocycles. The third-order valence-electron chi connectivity index (χ3n) is 4.60. The van der Waals surface area contributed by atoms with Gasteiger partial charge in [-0.05, 0) is 44.2 Å². The molecule has 2 aromatic heterocycles. The van der Waals surface area contributed by atoms with Crippen LogP contribution < -0.4 is 5.32 Å². The summed E-state index contributed by atoms with van der Waals surface area (Å²) in [6, 6.07) is 14.0. The first-order chi connectivity index (χ1) is 13.0. The number of carbonyl (C=O) groups is 1. The molecule has 0 aliphatic rings. The second kappa shape index (κ2) is 8.60. The van der Waals surface area contributed by atoms with Gasteiger partial charge in [0.25, 0.3) is 5.91 Å². The first-order valence-corrected chi connectivity index (χ1v) is 9.05. The van der Waals surface area contributed by atoms with E-state index in [0.717, 1.165) is 12.1 Å². The van der Waals surface area contributed by atoms with Crippen molar-refractivity contribution in [2.24, 2.45) is 0 Å². The fraction of sp³-hybridized carbons (Fsp3) is 0.286. The van der Waals surface area contributed by atoms with Crippen LogP contribution in [0.1, 0.15) is 35.5 Å². The van der Waals surface area contributed by atoms with Crippen LogP contribution in [0.3, 0.4) is 0 Å². The number of imidazole rings is 1. The van der Waals surface area contributed by atoms with Gasteiger partial charge in [-0.15, -0.1) is 0 Å². The Morgan fingerprint density at radius 2 is 1.93 bits per heavy atom. The lowest BCUT2D eigenvalue weighted by molar-refractivity contribution is 0.0945. The normalized spacial score (nSPS) is 11.1. The Morgan fingerprint density at radius 1 is 1.15 bits per heavy atom. The van der Waals surface area contributed by atoms with Crippen molar-refractivity contribution in [3.63, 3.8) is 0 Å². The highest BCUT2D eigenvalue weighted by atomic mass is 16.1. The van der Waals surface area contributed by atoms with Gasteiger partial charge in [0.2, 0.25) is 0 Å². The monoisotopic (exact) mass is 363 g/mol. The van der Waals surface area contributed by atoms with E-state index < -0.39 is 0 Å². The zero-order valence-corrected chi connectivity index (χ0v) is 16.0. The second-order valence-corrected chi connectivity index (χ2v) is 6.81. The van der Waals surface area contributed by atoms with Crippen LogP contribution in [-0.4, -0.2) is 38.4 Å². The van der Waals surface area contributed by atoms with Gasteiger partial charge in [-0.2, -0.15) is 0 Å². The molecule has 0 spiro atoms. The Labute approximate surface area is 159 Å². The number of nitrogens with one attached hydrogen (secondary N) is 1. The standard InChI is InChI=1S/C21H25N5O/c1-16(2)25(3)14-18-8-5-4-7-17(18)13-23-21(27)19-9-6-10-20(24-19)26-12-11-22-15-26/h4-12,15-16H,13-14H2,1-3H3,(H,23,27). The van der Waals surface area contributed by atoms with Crippen LogP contribution in [0.15, 0.2) is 61.2 Å². The van der Waals surface area contributed by atoms with Crippen LogP contribution in [0.2, 0.25) is 0 Å². The fourth-order valence-corrected chi connectivity index (χ4v) is 2.69. The quantitative estimate of drug-likeness (QED) is 0.701. The molecule has 0 aliphatic carbocycles. The summed E-state index contributed by atoms with van der Waals surface area (Å²) in [5, 5.41) is 2.99. The highest BCUT2D eigenvalue weighted by molar-refractivity contribution is 5.92. The van der Waals surface area contributed by atoms with Crippen LogP contribution in [0.25, 0.3) is 5.82 Å². The lowest BCUT2D eigenvalue weighted by Crippen LogP contribution is -2.28. The second-order valence-electron chi connectivity index (χ2n) is 6.81. The molecule has 0 bridgehead atoms. The van der Waals surface area contributed by atoms with Crippen LogP contribution >= 0.6 is 0 Å². The van der Waals surface area contributed by atoms with Gasteiger partial charge in [0, 0.05) is 31.5 Å². The van der Waals surface area contributed by atoms with Crippen molar-refractivity contribution < 1.29 is 4.79 Å². The van der Waals surface area contributed by atoms with E-state index in [4.69, 9.17) is 0 Å². The predicted octanol–water partition coefficient (Wildman–Crippen LogP) is 3.04. The number of hydrogen-bond acceptors (Lipinski definition) is 4. The molecule has 0 radical (unpaired) electrons. The van der Waals surface area contributed by atoms with Gasteiger partial charge in [-0.1, -0.05) is 30.3 Å². The molecule has 1 N–H and O–H groups in total. The first-order valence-electron chi connectivity index (χ1n) is 9.05. The maximum absolute atomic E-state index is 12.6. The van der Waals surface area contributed by atoms with Crippen molar-refractivity contribution in [3.8, 4) is 5.82 Å². The average molecular weight is 363 g/mol. The molecule has 140 valence electrons. The Kier molecular flexibility index (Phi) is 5.98. The molecule has 3 rings (SSSR count).